The Morgan fingerprint density at radius 1 is 1.47 bits per heavy atom. The molecule has 0 aromatic carbocycles. The minimum absolute atomic E-state index is 0.731. The first kappa shape index (κ1) is 12.8. The molecule has 0 N–H and O–H groups in total. The Kier molecular flexibility index (Phi) is 6.03. The zero-order valence-corrected chi connectivity index (χ0v) is 11.3. The number of hydrogen-bond acceptors (Lipinski definition) is 2. The van der Waals surface area contributed by atoms with Gasteiger partial charge >= 0.3 is 0 Å². The van der Waals surface area contributed by atoms with Crippen LogP contribution in [-0.2, 0) is 0 Å². The lowest BCUT2D eigenvalue weighted by Crippen LogP contribution is -2.26. The van der Waals surface area contributed by atoms with Crippen molar-refractivity contribution >= 4 is 33.2 Å². The summed E-state index contributed by atoms with van der Waals surface area (Å²) in [4.78, 5) is 6.29. The van der Waals surface area contributed by atoms with Crippen LogP contribution in [0.25, 0.3) is 0 Å². The first-order chi connectivity index (χ1) is 7.29. The Bertz CT molecular complexity index is 294. The number of rotatable bonds is 6. The van der Waals surface area contributed by atoms with Crippen LogP contribution < -0.4 is 4.90 Å². The van der Waals surface area contributed by atoms with E-state index in [2.05, 4.69) is 32.7 Å². The van der Waals surface area contributed by atoms with Gasteiger partial charge in [-0.3, -0.25) is 4.98 Å². The zero-order chi connectivity index (χ0) is 11.1. The van der Waals surface area contributed by atoms with E-state index in [1.54, 1.807) is 12.4 Å². The van der Waals surface area contributed by atoms with Crippen molar-refractivity contribution in [1.29, 1.82) is 0 Å². The quantitative estimate of drug-likeness (QED) is 0.742. The van der Waals surface area contributed by atoms with Crippen molar-refractivity contribution in [3.63, 3.8) is 0 Å². The summed E-state index contributed by atoms with van der Waals surface area (Å²) in [5.74, 6) is 0. The largest absolute Gasteiger partial charge is 0.369 e. The van der Waals surface area contributed by atoms with Crippen LogP contribution in [0.5, 0.6) is 0 Å². The lowest BCUT2D eigenvalue weighted by Gasteiger charge is -2.24. The third-order valence-corrected chi connectivity index (χ3v) is 2.87. The average molecular weight is 292 g/mol. The normalized spacial score (nSPS) is 10.3. The Morgan fingerprint density at radius 3 is 2.87 bits per heavy atom. The van der Waals surface area contributed by atoms with Gasteiger partial charge in [0, 0.05) is 30.8 Å². The van der Waals surface area contributed by atoms with Crippen molar-refractivity contribution in [2.45, 2.75) is 19.8 Å². The van der Waals surface area contributed by atoms with Gasteiger partial charge in [-0.25, -0.2) is 0 Å². The summed E-state index contributed by atoms with van der Waals surface area (Å²) in [5.41, 5.74) is 1.08. The Morgan fingerprint density at radius 2 is 2.27 bits per heavy atom. The molecule has 0 amide bonds. The maximum absolute atomic E-state index is 6.11. The van der Waals surface area contributed by atoms with Gasteiger partial charge in [-0.05, 0) is 12.5 Å². The third kappa shape index (κ3) is 3.99. The average Bonchev–Trinajstić information content (AvgIpc) is 2.25. The predicted molar refractivity (Wildman–Crippen MR) is 70.2 cm³/mol. The molecule has 0 bridgehead atoms. The highest BCUT2D eigenvalue weighted by Gasteiger charge is 2.08. The molecule has 15 heavy (non-hydrogen) atoms. The van der Waals surface area contributed by atoms with Crippen LogP contribution in [0.15, 0.2) is 18.5 Å². The molecule has 84 valence electrons. The van der Waals surface area contributed by atoms with Crippen LogP contribution in [0, 0.1) is 0 Å². The van der Waals surface area contributed by atoms with E-state index in [0.29, 0.717) is 0 Å². The standard InChI is InChI=1S/C11H16BrClN2/c1-2-3-7-15(8-5-12)11-4-6-14-9-10(11)13/h4,6,9H,2-3,5,7-8H2,1H3. The maximum Gasteiger partial charge on any atom is 0.0822 e. The van der Waals surface area contributed by atoms with Gasteiger partial charge in [0.05, 0.1) is 10.7 Å². The highest BCUT2D eigenvalue weighted by Crippen LogP contribution is 2.24. The fraction of sp³-hybridized carbons (Fsp3) is 0.545. The van der Waals surface area contributed by atoms with Crippen LogP contribution in [0.3, 0.4) is 0 Å². The predicted octanol–water partition coefficient (Wildman–Crippen LogP) is 3.74. The number of anilines is 1. The molecule has 0 aliphatic heterocycles. The van der Waals surface area contributed by atoms with Gasteiger partial charge in [-0.15, -0.1) is 0 Å². The van der Waals surface area contributed by atoms with Crippen molar-refractivity contribution in [3.05, 3.63) is 23.5 Å². The molecule has 0 fully saturated rings. The minimum atomic E-state index is 0.731. The number of alkyl halides is 1. The van der Waals surface area contributed by atoms with Crippen molar-refractivity contribution in [2.75, 3.05) is 23.3 Å². The Hall–Kier alpha value is -0.280. The molecule has 0 radical (unpaired) electrons. The second-order valence-electron chi connectivity index (χ2n) is 3.36. The number of pyridine rings is 1. The van der Waals surface area contributed by atoms with E-state index >= 15 is 0 Å². The van der Waals surface area contributed by atoms with Gasteiger partial charge in [0.25, 0.3) is 0 Å². The summed E-state index contributed by atoms with van der Waals surface area (Å²) in [6, 6.07) is 1.97. The molecule has 1 rings (SSSR count). The molecule has 0 unspecified atom stereocenters. The smallest absolute Gasteiger partial charge is 0.0822 e. The SMILES string of the molecule is CCCCN(CCBr)c1ccncc1Cl. The molecule has 1 aromatic heterocycles. The van der Waals surface area contributed by atoms with E-state index in [4.69, 9.17) is 11.6 Å². The van der Waals surface area contributed by atoms with E-state index in [0.717, 1.165) is 29.1 Å². The van der Waals surface area contributed by atoms with E-state index in [1.807, 2.05) is 6.07 Å². The Labute approximate surface area is 105 Å². The highest BCUT2D eigenvalue weighted by atomic mass is 79.9. The van der Waals surface area contributed by atoms with E-state index in [-0.39, 0.29) is 0 Å². The van der Waals surface area contributed by atoms with Gasteiger partial charge in [0.1, 0.15) is 0 Å². The second-order valence-corrected chi connectivity index (χ2v) is 4.56. The fourth-order valence-corrected chi connectivity index (χ4v) is 2.09. The third-order valence-electron chi connectivity index (χ3n) is 2.23. The van der Waals surface area contributed by atoms with Crippen LogP contribution in [0.1, 0.15) is 19.8 Å². The molecule has 0 saturated carbocycles. The number of hydrogen-bond donors (Lipinski definition) is 0. The summed E-state index contributed by atoms with van der Waals surface area (Å²) < 4.78 is 0. The summed E-state index contributed by atoms with van der Waals surface area (Å²) in [5, 5.41) is 1.68. The van der Waals surface area contributed by atoms with Crippen molar-refractivity contribution in [2.24, 2.45) is 0 Å². The molecule has 0 spiro atoms. The molecule has 0 atom stereocenters. The monoisotopic (exact) mass is 290 g/mol. The minimum Gasteiger partial charge on any atom is -0.369 e. The first-order valence-corrected chi connectivity index (χ1v) is 6.70. The van der Waals surface area contributed by atoms with E-state index < -0.39 is 0 Å². The van der Waals surface area contributed by atoms with Crippen molar-refractivity contribution < 1.29 is 0 Å². The lowest BCUT2D eigenvalue weighted by molar-refractivity contribution is 0.735. The topological polar surface area (TPSA) is 16.1 Å². The number of halogens is 2. The van der Waals surface area contributed by atoms with Gasteiger partial charge in [0.15, 0.2) is 0 Å². The molecule has 4 heteroatoms. The molecular formula is C11H16BrClN2. The van der Waals surface area contributed by atoms with Crippen molar-refractivity contribution in [1.82, 2.24) is 4.98 Å². The van der Waals surface area contributed by atoms with E-state index in [9.17, 15) is 0 Å². The summed E-state index contributed by atoms with van der Waals surface area (Å²) in [6.07, 6.45) is 5.87. The Balaban J connectivity index is 2.74. The molecule has 0 aliphatic rings. The molecule has 0 saturated heterocycles. The number of nitrogens with zero attached hydrogens (tertiary/aromatic N) is 2. The van der Waals surface area contributed by atoms with Crippen LogP contribution in [-0.4, -0.2) is 23.4 Å². The van der Waals surface area contributed by atoms with Crippen LogP contribution >= 0.6 is 27.5 Å². The van der Waals surface area contributed by atoms with E-state index in [1.165, 1.54) is 12.8 Å². The number of unbranched alkanes of at least 4 members (excludes halogenated alkanes) is 1. The maximum atomic E-state index is 6.11. The van der Waals surface area contributed by atoms with Crippen LogP contribution in [0.2, 0.25) is 5.02 Å². The highest BCUT2D eigenvalue weighted by molar-refractivity contribution is 9.09. The summed E-state index contributed by atoms with van der Waals surface area (Å²) >= 11 is 9.58. The molecular weight excluding hydrogens is 275 g/mol. The molecule has 0 aliphatic carbocycles. The fourth-order valence-electron chi connectivity index (χ4n) is 1.43. The number of aromatic nitrogens is 1. The summed E-state index contributed by atoms with van der Waals surface area (Å²) in [6.45, 7) is 4.22. The lowest BCUT2D eigenvalue weighted by atomic mass is 10.3. The second kappa shape index (κ2) is 7.07. The zero-order valence-electron chi connectivity index (χ0n) is 8.92. The van der Waals surface area contributed by atoms with Gasteiger partial charge in [-0.2, -0.15) is 0 Å². The first-order valence-electron chi connectivity index (χ1n) is 5.20. The van der Waals surface area contributed by atoms with Crippen molar-refractivity contribution in [3.8, 4) is 0 Å². The molecule has 2 nitrogen and oxygen atoms in total. The van der Waals surface area contributed by atoms with Crippen LogP contribution in [0.4, 0.5) is 5.69 Å². The van der Waals surface area contributed by atoms with Gasteiger partial charge < -0.3 is 4.90 Å². The summed E-state index contributed by atoms with van der Waals surface area (Å²) in [7, 11) is 0. The van der Waals surface area contributed by atoms with Gasteiger partial charge in [0.2, 0.25) is 0 Å². The van der Waals surface area contributed by atoms with Gasteiger partial charge in [-0.1, -0.05) is 40.9 Å². The molecule has 1 heterocycles. The molecule has 1 aromatic rings.